The highest BCUT2D eigenvalue weighted by Gasteiger charge is 2.23. The number of amides is 2. The van der Waals surface area contributed by atoms with Gasteiger partial charge in [0.15, 0.2) is 0 Å². The highest BCUT2D eigenvalue weighted by atomic mass is 79.9. The molecule has 4 nitrogen and oxygen atoms in total. The van der Waals surface area contributed by atoms with Crippen LogP contribution in [-0.2, 0) is 4.79 Å². The summed E-state index contributed by atoms with van der Waals surface area (Å²) in [4.78, 5) is 27.4. The molecule has 1 aromatic rings. The van der Waals surface area contributed by atoms with Crippen molar-refractivity contribution in [1.29, 1.82) is 0 Å². The van der Waals surface area contributed by atoms with Gasteiger partial charge in [-0.25, -0.2) is 0 Å². The molecule has 1 saturated heterocycles. The van der Waals surface area contributed by atoms with E-state index in [0.717, 1.165) is 10.9 Å². The van der Waals surface area contributed by atoms with Gasteiger partial charge in [0, 0.05) is 30.2 Å². The van der Waals surface area contributed by atoms with Crippen molar-refractivity contribution < 1.29 is 9.59 Å². The molecular weight excluding hydrogens is 332 g/mol. The Kier molecular flexibility index (Phi) is 4.47. The van der Waals surface area contributed by atoms with Crippen LogP contribution in [0.15, 0.2) is 22.7 Å². The van der Waals surface area contributed by atoms with Crippen LogP contribution in [0.1, 0.15) is 16.8 Å². The number of rotatable bonds is 1. The number of nitrogens with zero attached hydrogens (tertiary/aromatic N) is 2. The average Bonchev–Trinajstić information content (AvgIpc) is 2.55. The lowest BCUT2D eigenvalue weighted by molar-refractivity contribution is -0.129. The second kappa shape index (κ2) is 5.92. The van der Waals surface area contributed by atoms with Crippen molar-refractivity contribution in [3.05, 3.63) is 33.3 Å². The molecule has 0 unspecified atom stereocenters. The number of hydrogen-bond acceptors (Lipinski definition) is 2. The first-order valence-corrected chi connectivity index (χ1v) is 7.14. The predicted octanol–water partition coefficient (Wildman–Crippen LogP) is 2.41. The molecule has 1 aliphatic heterocycles. The molecule has 1 heterocycles. The number of halogens is 2. The summed E-state index contributed by atoms with van der Waals surface area (Å²) in [5.41, 5.74) is 0.505. The van der Waals surface area contributed by atoms with E-state index in [1.54, 1.807) is 35.0 Å². The average molecular weight is 346 g/mol. The second-order valence-corrected chi connectivity index (χ2v) is 5.79. The minimum Gasteiger partial charge on any atom is -0.344 e. The van der Waals surface area contributed by atoms with Crippen LogP contribution >= 0.6 is 27.5 Å². The van der Waals surface area contributed by atoms with Crippen molar-refractivity contribution in [1.82, 2.24) is 9.80 Å². The Morgan fingerprint density at radius 1 is 1.37 bits per heavy atom. The maximum absolute atomic E-state index is 12.3. The van der Waals surface area contributed by atoms with Crippen LogP contribution in [0.5, 0.6) is 0 Å². The maximum atomic E-state index is 12.3. The normalized spacial score (nSPS) is 16.5. The largest absolute Gasteiger partial charge is 0.344 e. The molecule has 1 aromatic carbocycles. The summed E-state index contributed by atoms with van der Waals surface area (Å²) in [5.74, 6) is -0.188. The predicted molar refractivity (Wildman–Crippen MR) is 77.3 cm³/mol. The van der Waals surface area contributed by atoms with Gasteiger partial charge in [0.1, 0.15) is 6.54 Å². The molecular formula is C13H14BrClN2O2. The van der Waals surface area contributed by atoms with Crippen LogP contribution in [0.2, 0.25) is 5.02 Å². The van der Waals surface area contributed by atoms with Crippen molar-refractivity contribution >= 4 is 39.3 Å². The first-order valence-electron chi connectivity index (χ1n) is 5.97. The topological polar surface area (TPSA) is 40.6 Å². The second-order valence-electron chi connectivity index (χ2n) is 4.52. The molecule has 0 spiro atoms. The fraction of sp³-hybridized carbons (Fsp3) is 0.385. The number of carbonyl (C=O) groups excluding carboxylic acids is 2. The Hall–Kier alpha value is -1.07. The van der Waals surface area contributed by atoms with Crippen LogP contribution in [0.3, 0.4) is 0 Å². The molecule has 2 rings (SSSR count). The van der Waals surface area contributed by atoms with Crippen molar-refractivity contribution in [2.24, 2.45) is 0 Å². The summed E-state index contributed by atoms with van der Waals surface area (Å²) in [6.07, 6.45) is 0.790. The zero-order valence-electron chi connectivity index (χ0n) is 10.5. The zero-order chi connectivity index (χ0) is 14.0. The van der Waals surface area contributed by atoms with E-state index in [1.165, 1.54) is 0 Å². The zero-order valence-corrected chi connectivity index (χ0v) is 12.9. The number of hydrogen-bond donors (Lipinski definition) is 0. The van der Waals surface area contributed by atoms with Gasteiger partial charge in [0.25, 0.3) is 5.91 Å². The maximum Gasteiger partial charge on any atom is 0.254 e. The van der Waals surface area contributed by atoms with E-state index >= 15 is 0 Å². The molecule has 6 heteroatoms. The third-order valence-electron chi connectivity index (χ3n) is 3.13. The van der Waals surface area contributed by atoms with Crippen molar-refractivity contribution in [3.63, 3.8) is 0 Å². The Labute approximate surface area is 125 Å². The minimum absolute atomic E-state index is 0.0333. The molecule has 19 heavy (non-hydrogen) atoms. The lowest BCUT2D eigenvalue weighted by atomic mass is 10.2. The van der Waals surface area contributed by atoms with Gasteiger partial charge in [-0.1, -0.05) is 11.6 Å². The van der Waals surface area contributed by atoms with Crippen LogP contribution in [0.25, 0.3) is 0 Å². The third kappa shape index (κ3) is 3.28. The summed E-state index contributed by atoms with van der Waals surface area (Å²) in [5, 5.41) is 0.490. The fourth-order valence-corrected chi connectivity index (χ4v) is 2.40. The van der Waals surface area contributed by atoms with Gasteiger partial charge < -0.3 is 9.80 Å². The first-order chi connectivity index (χ1) is 8.99. The van der Waals surface area contributed by atoms with Crippen LogP contribution in [0.4, 0.5) is 0 Å². The minimum atomic E-state index is -0.155. The van der Waals surface area contributed by atoms with Crippen LogP contribution in [-0.4, -0.2) is 48.3 Å². The molecule has 0 N–H and O–H groups in total. The number of carbonyl (C=O) groups is 2. The smallest absolute Gasteiger partial charge is 0.254 e. The third-order valence-corrected chi connectivity index (χ3v) is 4.36. The van der Waals surface area contributed by atoms with E-state index in [0.29, 0.717) is 23.7 Å². The standard InChI is InChI=1S/C13H14BrClN2O2/c1-16-5-2-6-17(8-12(16)18)13(19)9-3-4-10(14)11(15)7-9/h3-4,7H,2,5-6,8H2,1H3. The van der Waals surface area contributed by atoms with E-state index in [1.807, 2.05) is 0 Å². The highest BCUT2D eigenvalue weighted by Crippen LogP contribution is 2.24. The van der Waals surface area contributed by atoms with Gasteiger partial charge in [0.05, 0.1) is 5.02 Å². The van der Waals surface area contributed by atoms with Crippen molar-refractivity contribution in [2.75, 3.05) is 26.7 Å². The van der Waals surface area contributed by atoms with Gasteiger partial charge in [-0.05, 0) is 40.5 Å². The molecule has 1 fully saturated rings. The summed E-state index contributed by atoms with van der Waals surface area (Å²) in [7, 11) is 1.76. The number of benzene rings is 1. The van der Waals surface area contributed by atoms with E-state index < -0.39 is 0 Å². The molecule has 2 amide bonds. The quantitative estimate of drug-likeness (QED) is 0.784. The number of likely N-dealkylation sites (N-methyl/N-ethyl adjacent to an activating group) is 1. The molecule has 0 aliphatic carbocycles. The van der Waals surface area contributed by atoms with Gasteiger partial charge in [-0.15, -0.1) is 0 Å². The van der Waals surface area contributed by atoms with E-state index in [2.05, 4.69) is 15.9 Å². The lowest BCUT2D eigenvalue weighted by Gasteiger charge is -2.20. The molecule has 1 aliphatic rings. The lowest BCUT2D eigenvalue weighted by Crippen LogP contribution is -2.38. The van der Waals surface area contributed by atoms with Crippen molar-refractivity contribution in [2.45, 2.75) is 6.42 Å². The summed E-state index contributed by atoms with van der Waals surface area (Å²) in [6, 6.07) is 5.06. The van der Waals surface area contributed by atoms with Gasteiger partial charge in [-0.3, -0.25) is 9.59 Å². The first kappa shape index (κ1) is 14.3. The fourth-order valence-electron chi connectivity index (χ4n) is 1.97. The molecule has 0 aromatic heterocycles. The molecule has 102 valence electrons. The Morgan fingerprint density at radius 2 is 2.11 bits per heavy atom. The van der Waals surface area contributed by atoms with Gasteiger partial charge in [-0.2, -0.15) is 0 Å². The SMILES string of the molecule is CN1CCCN(C(=O)c2ccc(Br)c(Cl)c2)CC1=O. The summed E-state index contributed by atoms with van der Waals surface area (Å²) in [6.45, 7) is 1.40. The van der Waals surface area contributed by atoms with E-state index in [9.17, 15) is 9.59 Å². The Balaban J connectivity index is 2.18. The van der Waals surface area contributed by atoms with Crippen LogP contribution < -0.4 is 0 Å². The molecule has 0 atom stereocenters. The Morgan fingerprint density at radius 3 is 2.79 bits per heavy atom. The monoisotopic (exact) mass is 344 g/mol. The van der Waals surface area contributed by atoms with Gasteiger partial charge >= 0.3 is 0 Å². The molecule has 0 radical (unpaired) electrons. The van der Waals surface area contributed by atoms with Gasteiger partial charge in [0.2, 0.25) is 5.91 Å². The molecule has 0 bridgehead atoms. The molecule has 0 saturated carbocycles. The van der Waals surface area contributed by atoms with E-state index in [4.69, 9.17) is 11.6 Å². The summed E-state index contributed by atoms with van der Waals surface area (Å²) < 4.78 is 0.748. The highest BCUT2D eigenvalue weighted by molar-refractivity contribution is 9.10. The summed E-state index contributed by atoms with van der Waals surface area (Å²) >= 11 is 9.27. The van der Waals surface area contributed by atoms with Crippen molar-refractivity contribution in [3.8, 4) is 0 Å². The Bertz CT molecular complexity index is 521. The van der Waals surface area contributed by atoms with E-state index in [-0.39, 0.29) is 18.4 Å². The van der Waals surface area contributed by atoms with Crippen LogP contribution in [0, 0.1) is 0 Å².